The van der Waals surface area contributed by atoms with Gasteiger partial charge in [-0.3, -0.25) is 9.59 Å². The lowest BCUT2D eigenvalue weighted by molar-refractivity contribution is -0.161. The van der Waals surface area contributed by atoms with Crippen molar-refractivity contribution in [3.63, 3.8) is 0 Å². The Hall–Kier alpha value is -1.06. The van der Waals surface area contributed by atoms with E-state index in [1.54, 1.807) is 0 Å². The van der Waals surface area contributed by atoms with Crippen molar-refractivity contribution < 1.29 is 19.8 Å². The van der Waals surface area contributed by atoms with Crippen molar-refractivity contribution in [2.24, 2.45) is 28.1 Å². The molecule has 0 aromatic rings. The van der Waals surface area contributed by atoms with Gasteiger partial charge in [0, 0.05) is 0 Å². The Morgan fingerprint density at radius 2 is 1.33 bits per heavy atom. The smallest absolute Gasteiger partial charge is 0.307 e. The van der Waals surface area contributed by atoms with Crippen molar-refractivity contribution in [3.8, 4) is 0 Å². The van der Waals surface area contributed by atoms with Gasteiger partial charge >= 0.3 is 11.9 Å². The fraction of sp³-hybridized carbons (Fsp3) is 0.882. The molecule has 0 spiro atoms. The van der Waals surface area contributed by atoms with E-state index in [1.165, 1.54) is 0 Å². The molecule has 21 heavy (non-hydrogen) atoms. The monoisotopic (exact) mass is 300 g/mol. The number of carboxylic acids is 2. The molecule has 2 atom stereocenters. The summed E-state index contributed by atoms with van der Waals surface area (Å²) in [6.45, 7) is 15.8. The average Bonchev–Trinajstić information content (AvgIpc) is 2.25. The summed E-state index contributed by atoms with van der Waals surface area (Å²) < 4.78 is 0. The maximum absolute atomic E-state index is 11.7. The van der Waals surface area contributed by atoms with Crippen LogP contribution < -0.4 is 0 Å². The molecule has 124 valence electrons. The second-order valence-electron chi connectivity index (χ2n) is 8.44. The van der Waals surface area contributed by atoms with Gasteiger partial charge in [0.05, 0.1) is 11.8 Å². The highest BCUT2D eigenvalue weighted by atomic mass is 16.4. The van der Waals surface area contributed by atoms with Gasteiger partial charge in [0.15, 0.2) is 0 Å². The third kappa shape index (κ3) is 4.72. The molecule has 0 aromatic carbocycles. The Kier molecular flexibility index (Phi) is 6.05. The van der Waals surface area contributed by atoms with Gasteiger partial charge in [0.25, 0.3) is 0 Å². The Morgan fingerprint density at radius 3 is 1.57 bits per heavy atom. The van der Waals surface area contributed by atoms with E-state index in [2.05, 4.69) is 20.8 Å². The van der Waals surface area contributed by atoms with Crippen molar-refractivity contribution >= 4 is 11.9 Å². The highest BCUT2D eigenvalue weighted by Gasteiger charge is 2.47. The predicted molar refractivity (Wildman–Crippen MR) is 84.2 cm³/mol. The van der Waals surface area contributed by atoms with E-state index in [-0.39, 0.29) is 10.8 Å². The van der Waals surface area contributed by atoms with E-state index in [1.807, 2.05) is 34.6 Å². The molecule has 0 rings (SSSR count). The molecular weight excluding hydrogens is 268 g/mol. The molecule has 4 heteroatoms. The minimum atomic E-state index is -1.01. The van der Waals surface area contributed by atoms with Crippen LogP contribution in [0.2, 0.25) is 0 Å². The number of rotatable bonds is 7. The average molecular weight is 300 g/mol. The van der Waals surface area contributed by atoms with Crippen LogP contribution in [0.3, 0.4) is 0 Å². The normalized spacial score (nSPS) is 16.4. The number of hydrogen-bond acceptors (Lipinski definition) is 2. The van der Waals surface area contributed by atoms with Crippen LogP contribution in [0.1, 0.15) is 68.2 Å². The number of carbonyl (C=O) groups is 2. The Bertz CT molecular complexity index is 388. The first-order valence-electron chi connectivity index (χ1n) is 7.63. The first kappa shape index (κ1) is 19.9. The van der Waals surface area contributed by atoms with Crippen LogP contribution in [-0.2, 0) is 9.59 Å². The van der Waals surface area contributed by atoms with Crippen molar-refractivity contribution in [3.05, 3.63) is 0 Å². The van der Waals surface area contributed by atoms with Gasteiger partial charge in [0.1, 0.15) is 0 Å². The number of hydrogen-bond donors (Lipinski definition) is 2. The molecule has 0 saturated carbocycles. The first-order valence-corrected chi connectivity index (χ1v) is 7.63. The quantitative estimate of drug-likeness (QED) is 0.735. The molecule has 2 N–H and O–H groups in total. The summed E-state index contributed by atoms with van der Waals surface area (Å²) in [4.78, 5) is 23.5. The molecule has 0 radical (unpaired) electrons. The second-order valence-corrected chi connectivity index (χ2v) is 8.44. The molecule has 0 aliphatic rings. The third-order valence-corrected chi connectivity index (χ3v) is 5.50. The van der Waals surface area contributed by atoms with Gasteiger partial charge in [0.2, 0.25) is 0 Å². The fourth-order valence-electron chi connectivity index (χ4n) is 2.47. The molecule has 0 aromatic heterocycles. The zero-order valence-electron chi connectivity index (χ0n) is 14.8. The molecule has 2 unspecified atom stereocenters. The fourth-order valence-corrected chi connectivity index (χ4v) is 2.47. The minimum Gasteiger partial charge on any atom is -0.481 e. The molecule has 0 aliphatic heterocycles. The Balaban J connectivity index is 5.68. The Morgan fingerprint density at radius 1 is 0.905 bits per heavy atom. The van der Waals surface area contributed by atoms with Crippen LogP contribution in [0.5, 0.6) is 0 Å². The molecular formula is C17H32O4. The van der Waals surface area contributed by atoms with Crippen LogP contribution in [0.25, 0.3) is 0 Å². The standard InChI is InChI=1S/C17H32O4/c1-9-16(5,6)12(14(20)21)11(13(18)19)10-17(7,8)15(2,3)4/h11-12H,9-10H2,1-8H3,(H,18,19)(H,20,21). The van der Waals surface area contributed by atoms with E-state index in [0.717, 1.165) is 0 Å². The van der Waals surface area contributed by atoms with Gasteiger partial charge in [-0.15, -0.1) is 0 Å². The van der Waals surface area contributed by atoms with Gasteiger partial charge < -0.3 is 10.2 Å². The SMILES string of the molecule is CCC(C)(C)C(C(=O)O)C(CC(C)(C)C(C)(C)C)C(=O)O. The zero-order chi connectivity index (χ0) is 17.2. The van der Waals surface area contributed by atoms with E-state index in [9.17, 15) is 19.8 Å². The minimum absolute atomic E-state index is 0.0971. The number of aliphatic carboxylic acids is 2. The topological polar surface area (TPSA) is 74.6 Å². The maximum Gasteiger partial charge on any atom is 0.307 e. The van der Waals surface area contributed by atoms with E-state index in [4.69, 9.17) is 0 Å². The van der Waals surface area contributed by atoms with E-state index in [0.29, 0.717) is 12.8 Å². The van der Waals surface area contributed by atoms with Crippen molar-refractivity contribution in [2.75, 3.05) is 0 Å². The van der Waals surface area contributed by atoms with Crippen LogP contribution >= 0.6 is 0 Å². The molecule has 0 aliphatic carbocycles. The van der Waals surface area contributed by atoms with Crippen LogP contribution in [-0.4, -0.2) is 22.2 Å². The molecule has 0 fully saturated rings. The lowest BCUT2D eigenvalue weighted by Gasteiger charge is -2.43. The lowest BCUT2D eigenvalue weighted by atomic mass is 9.60. The van der Waals surface area contributed by atoms with Crippen LogP contribution in [0.4, 0.5) is 0 Å². The van der Waals surface area contributed by atoms with Gasteiger partial charge in [-0.2, -0.15) is 0 Å². The molecule has 0 heterocycles. The van der Waals surface area contributed by atoms with Crippen LogP contribution in [0.15, 0.2) is 0 Å². The van der Waals surface area contributed by atoms with Crippen molar-refractivity contribution in [1.29, 1.82) is 0 Å². The van der Waals surface area contributed by atoms with Gasteiger partial charge in [-0.1, -0.05) is 61.8 Å². The Labute approximate surface area is 128 Å². The summed E-state index contributed by atoms with van der Waals surface area (Å²) in [6, 6.07) is 0. The highest BCUT2D eigenvalue weighted by molar-refractivity contribution is 5.80. The molecule has 0 bridgehead atoms. The first-order chi connectivity index (χ1) is 9.17. The maximum atomic E-state index is 11.7. The summed E-state index contributed by atoms with van der Waals surface area (Å²) in [5.74, 6) is -3.80. The third-order valence-electron chi connectivity index (χ3n) is 5.50. The van der Waals surface area contributed by atoms with Crippen molar-refractivity contribution in [1.82, 2.24) is 0 Å². The summed E-state index contributed by atoms with van der Waals surface area (Å²) in [5.41, 5.74) is -0.920. The largest absolute Gasteiger partial charge is 0.481 e. The highest BCUT2D eigenvalue weighted by Crippen LogP contribution is 2.47. The molecule has 4 nitrogen and oxygen atoms in total. The van der Waals surface area contributed by atoms with Crippen molar-refractivity contribution in [2.45, 2.75) is 68.2 Å². The summed E-state index contributed by atoms with van der Waals surface area (Å²) in [7, 11) is 0. The van der Waals surface area contributed by atoms with E-state index >= 15 is 0 Å². The van der Waals surface area contributed by atoms with Gasteiger partial charge in [-0.25, -0.2) is 0 Å². The van der Waals surface area contributed by atoms with E-state index < -0.39 is 29.2 Å². The zero-order valence-corrected chi connectivity index (χ0v) is 14.8. The summed E-state index contributed by atoms with van der Waals surface area (Å²) in [6.07, 6.45) is 0.982. The van der Waals surface area contributed by atoms with Crippen LogP contribution in [0, 0.1) is 28.1 Å². The second kappa shape index (κ2) is 6.37. The predicted octanol–water partition coefficient (Wildman–Crippen LogP) is 4.29. The summed E-state index contributed by atoms with van der Waals surface area (Å²) >= 11 is 0. The number of carboxylic acid groups (broad SMARTS) is 2. The lowest BCUT2D eigenvalue weighted by Crippen LogP contribution is -2.44. The summed E-state index contributed by atoms with van der Waals surface area (Å²) in [5, 5.41) is 19.2. The molecule has 0 amide bonds. The van der Waals surface area contributed by atoms with Gasteiger partial charge in [-0.05, 0) is 22.7 Å². The molecule has 0 saturated heterocycles.